The van der Waals surface area contributed by atoms with Crippen LogP contribution in [0.25, 0.3) is 0 Å². The molecule has 1 aromatic carbocycles. The van der Waals surface area contributed by atoms with Crippen molar-refractivity contribution < 1.29 is 14.2 Å². The van der Waals surface area contributed by atoms with Gasteiger partial charge in [-0.25, -0.2) is 4.39 Å². The zero-order valence-corrected chi connectivity index (χ0v) is 8.38. The Balaban J connectivity index is 2.44. The third kappa shape index (κ3) is 1.37. The summed E-state index contributed by atoms with van der Waals surface area (Å²) in [6.07, 6.45) is -0.314. The molecule has 4 heteroatoms. The fraction of sp³-hybridized carbons (Fsp3) is 0.400. The maximum atomic E-state index is 13.0. The van der Waals surface area contributed by atoms with Crippen molar-refractivity contribution in [2.75, 3.05) is 0 Å². The van der Waals surface area contributed by atoms with Crippen LogP contribution in [0.3, 0.4) is 0 Å². The summed E-state index contributed by atoms with van der Waals surface area (Å²) in [6, 6.07) is 2.64. The van der Waals surface area contributed by atoms with Crippen molar-refractivity contribution in [3.05, 3.63) is 28.5 Å². The molecule has 1 aromatic rings. The highest BCUT2D eigenvalue weighted by atomic mass is 35.5. The molecule has 2 unspecified atom stereocenters. The van der Waals surface area contributed by atoms with Gasteiger partial charge in [0.2, 0.25) is 0 Å². The first-order valence-electron chi connectivity index (χ1n) is 4.47. The summed E-state index contributed by atoms with van der Waals surface area (Å²) in [5.74, 6) is -0.124. The molecular weight excluding hydrogens is 207 g/mol. The SMILES string of the molecule is CCC1Oc2cc(F)c(Cl)cc2C1O. The van der Waals surface area contributed by atoms with E-state index in [1.54, 1.807) is 0 Å². The fourth-order valence-corrected chi connectivity index (χ4v) is 1.78. The van der Waals surface area contributed by atoms with Crippen LogP contribution < -0.4 is 4.74 Å². The molecule has 1 heterocycles. The number of aliphatic hydroxyl groups excluding tert-OH is 1. The molecule has 1 N–H and O–H groups in total. The second-order valence-electron chi connectivity index (χ2n) is 3.31. The number of ether oxygens (including phenoxy) is 1. The van der Waals surface area contributed by atoms with Crippen molar-refractivity contribution in [2.24, 2.45) is 0 Å². The molecule has 14 heavy (non-hydrogen) atoms. The van der Waals surface area contributed by atoms with Crippen LogP contribution in [0.5, 0.6) is 5.75 Å². The van der Waals surface area contributed by atoms with E-state index >= 15 is 0 Å². The van der Waals surface area contributed by atoms with Gasteiger partial charge in [0.25, 0.3) is 0 Å². The van der Waals surface area contributed by atoms with Gasteiger partial charge in [-0.2, -0.15) is 0 Å². The third-order valence-electron chi connectivity index (χ3n) is 2.40. The minimum absolute atomic E-state index is 0.0168. The standard InChI is InChI=1S/C10H10ClFO2/c1-2-8-10(13)5-3-6(11)7(12)4-9(5)14-8/h3-4,8,10,13H,2H2,1H3. The summed E-state index contributed by atoms with van der Waals surface area (Å²) in [5, 5.41) is 9.77. The van der Waals surface area contributed by atoms with Gasteiger partial charge in [-0.1, -0.05) is 18.5 Å². The van der Waals surface area contributed by atoms with Crippen LogP contribution in [0.4, 0.5) is 4.39 Å². The zero-order valence-electron chi connectivity index (χ0n) is 7.63. The molecule has 0 spiro atoms. The lowest BCUT2D eigenvalue weighted by molar-refractivity contribution is 0.0653. The fourth-order valence-electron chi connectivity index (χ4n) is 1.61. The number of benzene rings is 1. The predicted octanol–water partition coefficient (Wildman–Crippen LogP) is 2.68. The number of hydrogen-bond donors (Lipinski definition) is 1. The monoisotopic (exact) mass is 216 g/mol. The Kier molecular flexibility index (Phi) is 2.37. The number of rotatable bonds is 1. The molecule has 1 aliphatic rings. The molecule has 0 aliphatic carbocycles. The molecule has 2 rings (SSSR count). The third-order valence-corrected chi connectivity index (χ3v) is 2.69. The first-order valence-corrected chi connectivity index (χ1v) is 4.85. The minimum Gasteiger partial charge on any atom is -0.487 e. The van der Waals surface area contributed by atoms with E-state index in [1.165, 1.54) is 12.1 Å². The second-order valence-corrected chi connectivity index (χ2v) is 3.72. The minimum atomic E-state index is -0.701. The zero-order chi connectivity index (χ0) is 10.3. The van der Waals surface area contributed by atoms with E-state index in [0.717, 1.165) is 0 Å². The van der Waals surface area contributed by atoms with E-state index in [4.69, 9.17) is 16.3 Å². The molecule has 0 aromatic heterocycles. The van der Waals surface area contributed by atoms with Gasteiger partial charge in [0.05, 0.1) is 5.02 Å². The first kappa shape index (κ1) is 9.74. The smallest absolute Gasteiger partial charge is 0.145 e. The number of aliphatic hydroxyl groups is 1. The summed E-state index contributed by atoms with van der Waals surface area (Å²) >= 11 is 5.61. The molecule has 1 aliphatic heterocycles. The van der Waals surface area contributed by atoms with E-state index in [2.05, 4.69) is 0 Å². The summed E-state index contributed by atoms with van der Waals surface area (Å²) in [6.45, 7) is 1.90. The van der Waals surface area contributed by atoms with Crippen molar-refractivity contribution in [3.63, 3.8) is 0 Å². The molecule has 0 saturated carbocycles. The first-order chi connectivity index (χ1) is 6.63. The van der Waals surface area contributed by atoms with E-state index in [1.807, 2.05) is 6.92 Å². The average Bonchev–Trinajstić information content (AvgIpc) is 2.45. The van der Waals surface area contributed by atoms with Crippen molar-refractivity contribution in [2.45, 2.75) is 25.6 Å². The van der Waals surface area contributed by atoms with Crippen molar-refractivity contribution in [1.82, 2.24) is 0 Å². The average molecular weight is 217 g/mol. The molecule has 0 saturated heterocycles. The van der Waals surface area contributed by atoms with Gasteiger partial charge in [-0.3, -0.25) is 0 Å². The predicted molar refractivity (Wildman–Crippen MR) is 51.1 cm³/mol. The van der Waals surface area contributed by atoms with Gasteiger partial charge in [-0.15, -0.1) is 0 Å². The Labute approximate surface area is 86.3 Å². The summed E-state index contributed by atoms with van der Waals surface area (Å²) in [5.41, 5.74) is 0.572. The van der Waals surface area contributed by atoms with E-state index in [-0.39, 0.29) is 11.1 Å². The Morgan fingerprint density at radius 3 is 2.93 bits per heavy atom. The number of halogens is 2. The van der Waals surface area contributed by atoms with Crippen LogP contribution in [0, 0.1) is 5.82 Å². The summed E-state index contributed by atoms with van der Waals surface area (Å²) in [7, 11) is 0. The Morgan fingerprint density at radius 1 is 1.57 bits per heavy atom. The normalized spacial score (nSPS) is 24.6. The molecule has 76 valence electrons. The van der Waals surface area contributed by atoms with Gasteiger partial charge in [-0.05, 0) is 12.5 Å². The van der Waals surface area contributed by atoms with Crippen LogP contribution in [0.1, 0.15) is 25.0 Å². The molecule has 2 nitrogen and oxygen atoms in total. The highest BCUT2D eigenvalue weighted by molar-refractivity contribution is 6.30. The van der Waals surface area contributed by atoms with E-state index in [9.17, 15) is 9.50 Å². The molecular formula is C10H10ClFO2. The van der Waals surface area contributed by atoms with Gasteiger partial charge in [0.1, 0.15) is 23.8 Å². The van der Waals surface area contributed by atoms with Crippen LogP contribution in [-0.2, 0) is 0 Å². The highest BCUT2D eigenvalue weighted by Gasteiger charge is 2.32. The number of hydrogen-bond acceptors (Lipinski definition) is 2. The Hall–Kier alpha value is -0.800. The largest absolute Gasteiger partial charge is 0.487 e. The maximum Gasteiger partial charge on any atom is 0.145 e. The second kappa shape index (κ2) is 3.41. The molecule has 0 radical (unpaired) electrons. The van der Waals surface area contributed by atoms with E-state index in [0.29, 0.717) is 17.7 Å². The highest BCUT2D eigenvalue weighted by Crippen LogP contribution is 2.40. The van der Waals surface area contributed by atoms with Crippen LogP contribution in [0.15, 0.2) is 12.1 Å². The maximum absolute atomic E-state index is 13.0. The quantitative estimate of drug-likeness (QED) is 0.782. The Morgan fingerprint density at radius 2 is 2.29 bits per heavy atom. The lowest BCUT2D eigenvalue weighted by atomic mass is 10.1. The van der Waals surface area contributed by atoms with Gasteiger partial charge in [0.15, 0.2) is 0 Å². The van der Waals surface area contributed by atoms with Crippen LogP contribution >= 0.6 is 11.6 Å². The van der Waals surface area contributed by atoms with Gasteiger partial charge >= 0.3 is 0 Å². The van der Waals surface area contributed by atoms with Crippen LogP contribution in [0.2, 0.25) is 5.02 Å². The van der Waals surface area contributed by atoms with E-state index < -0.39 is 11.9 Å². The molecule has 0 bridgehead atoms. The van der Waals surface area contributed by atoms with Gasteiger partial charge < -0.3 is 9.84 Å². The van der Waals surface area contributed by atoms with Crippen LogP contribution in [-0.4, -0.2) is 11.2 Å². The lowest BCUT2D eigenvalue weighted by Gasteiger charge is -2.10. The van der Waals surface area contributed by atoms with Gasteiger partial charge in [0, 0.05) is 11.6 Å². The topological polar surface area (TPSA) is 29.5 Å². The lowest BCUT2D eigenvalue weighted by Crippen LogP contribution is -2.16. The summed E-state index contributed by atoms with van der Waals surface area (Å²) < 4.78 is 18.4. The molecule has 0 amide bonds. The van der Waals surface area contributed by atoms with Crippen molar-refractivity contribution >= 4 is 11.6 Å². The van der Waals surface area contributed by atoms with Crippen molar-refractivity contribution in [1.29, 1.82) is 0 Å². The Bertz CT molecular complexity index is 367. The van der Waals surface area contributed by atoms with Crippen molar-refractivity contribution in [3.8, 4) is 5.75 Å². The molecule has 0 fully saturated rings. The molecule has 2 atom stereocenters. The summed E-state index contributed by atoms with van der Waals surface area (Å²) in [4.78, 5) is 0. The number of fused-ring (bicyclic) bond motifs is 1.